The second-order valence-electron chi connectivity index (χ2n) is 5.73. The average molecular weight is 292 g/mol. The second-order valence-corrected chi connectivity index (χ2v) is 5.73. The molecule has 0 aliphatic carbocycles. The monoisotopic (exact) mass is 292 g/mol. The number of hydrogen-bond acceptors (Lipinski definition) is 5. The van der Waals surface area contributed by atoms with Crippen LogP contribution in [0.1, 0.15) is 44.5 Å². The molecule has 0 radical (unpaired) electrons. The molecule has 2 heterocycles. The fourth-order valence-electron chi connectivity index (χ4n) is 2.68. The Bertz CT molecular complexity index is 458. The molecule has 118 valence electrons. The highest BCUT2D eigenvalue weighted by molar-refractivity contribution is 5.58. The summed E-state index contributed by atoms with van der Waals surface area (Å²) in [7, 11) is 2.10. The first-order valence-corrected chi connectivity index (χ1v) is 8.09. The van der Waals surface area contributed by atoms with Crippen LogP contribution >= 0.6 is 0 Å². The molecule has 0 saturated carbocycles. The summed E-state index contributed by atoms with van der Waals surface area (Å²) in [5.41, 5.74) is 1.13. The van der Waals surface area contributed by atoms with E-state index in [1.165, 1.54) is 6.42 Å². The zero-order valence-electron chi connectivity index (χ0n) is 13.8. The van der Waals surface area contributed by atoms with Crippen LogP contribution in [0, 0.1) is 6.92 Å². The molecule has 2 rings (SSSR count). The number of aryl methyl sites for hydroxylation is 1. The van der Waals surface area contributed by atoms with E-state index in [0.717, 1.165) is 62.0 Å². The summed E-state index contributed by atoms with van der Waals surface area (Å²) in [5.74, 6) is 2.89. The van der Waals surface area contributed by atoms with Crippen molar-refractivity contribution in [2.45, 2.75) is 52.6 Å². The van der Waals surface area contributed by atoms with Crippen LogP contribution in [0.5, 0.6) is 0 Å². The first-order chi connectivity index (χ1) is 10.2. The number of hydrogen-bond donors (Lipinski definition) is 1. The van der Waals surface area contributed by atoms with Crippen LogP contribution in [0.2, 0.25) is 0 Å². The summed E-state index contributed by atoms with van der Waals surface area (Å²) in [5, 5.41) is 3.42. The number of nitrogens with zero attached hydrogens (tertiary/aromatic N) is 3. The molecule has 5 heteroatoms. The third kappa shape index (κ3) is 4.06. The van der Waals surface area contributed by atoms with E-state index in [2.05, 4.69) is 43.0 Å². The van der Waals surface area contributed by atoms with Gasteiger partial charge in [0.15, 0.2) is 0 Å². The van der Waals surface area contributed by atoms with E-state index >= 15 is 0 Å². The van der Waals surface area contributed by atoms with Crippen molar-refractivity contribution in [1.29, 1.82) is 0 Å². The van der Waals surface area contributed by atoms with E-state index in [1.54, 1.807) is 0 Å². The van der Waals surface area contributed by atoms with Crippen molar-refractivity contribution >= 4 is 11.6 Å². The summed E-state index contributed by atoms with van der Waals surface area (Å²) >= 11 is 0. The average Bonchev–Trinajstić information content (AvgIpc) is 2.99. The van der Waals surface area contributed by atoms with Crippen molar-refractivity contribution in [3.05, 3.63) is 11.4 Å². The summed E-state index contributed by atoms with van der Waals surface area (Å²) in [6, 6.07) is 0. The Balaban J connectivity index is 2.18. The van der Waals surface area contributed by atoms with E-state index in [1.807, 2.05) is 0 Å². The Hall–Kier alpha value is -1.36. The zero-order chi connectivity index (χ0) is 15.2. The minimum absolute atomic E-state index is 0.335. The van der Waals surface area contributed by atoms with Gasteiger partial charge in [-0.2, -0.15) is 0 Å². The molecular formula is C16H28N4O. The predicted octanol–water partition coefficient (Wildman–Crippen LogP) is 2.78. The van der Waals surface area contributed by atoms with Crippen LogP contribution in [-0.2, 0) is 11.2 Å². The first kappa shape index (κ1) is 16.0. The molecule has 1 N–H and O–H groups in total. The van der Waals surface area contributed by atoms with Crippen LogP contribution < -0.4 is 10.2 Å². The fourth-order valence-corrected chi connectivity index (χ4v) is 2.68. The van der Waals surface area contributed by atoms with E-state index in [9.17, 15) is 0 Å². The maximum atomic E-state index is 5.74. The van der Waals surface area contributed by atoms with Gasteiger partial charge in [0, 0.05) is 38.7 Å². The Kier molecular flexibility index (Phi) is 5.79. The fraction of sp³-hybridized carbons (Fsp3) is 0.750. The van der Waals surface area contributed by atoms with Gasteiger partial charge in [-0.15, -0.1) is 0 Å². The highest BCUT2D eigenvalue weighted by atomic mass is 16.5. The zero-order valence-corrected chi connectivity index (χ0v) is 13.8. The lowest BCUT2D eigenvalue weighted by Crippen LogP contribution is -2.30. The number of aromatic nitrogens is 2. The molecule has 1 fully saturated rings. The van der Waals surface area contributed by atoms with Gasteiger partial charge in [0.2, 0.25) is 0 Å². The van der Waals surface area contributed by atoms with Gasteiger partial charge >= 0.3 is 0 Å². The van der Waals surface area contributed by atoms with Crippen LogP contribution in [0.4, 0.5) is 11.6 Å². The third-order valence-electron chi connectivity index (χ3n) is 3.89. The predicted molar refractivity (Wildman–Crippen MR) is 87.2 cm³/mol. The number of likely N-dealkylation sites (N-methyl/N-ethyl adjacent to an activating group) is 1. The largest absolute Gasteiger partial charge is 0.376 e. The van der Waals surface area contributed by atoms with Gasteiger partial charge in [0.1, 0.15) is 17.5 Å². The third-order valence-corrected chi connectivity index (χ3v) is 3.89. The first-order valence-electron chi connectivity index (χ1n) is 8.09. The van der Waals surface area contributed by atoms with Gasteiger partial charge < -0.3 is 15.0 Å². The highest BCUT2D eigenvalue weighted by Gasteiger charge is 2.20. The molecule has 1 atom stereocenters. The summed E-state index contributed by atoms with van der Waals surface area (Å²) < 4.78 is 5.74. The minimum atomic E-state index is 0.335. The molecule has 1 aromatic heterocycles. The van der Waals surface area contributed by atoms with E-state index in [4.69, 9.17) is 9.72 Å². The van der Waals surface area contributed by atoms with Gasteiger partial charge in [0.25, 0.3) is 0 Å². The lowest BCUT2D eigenvalue weighted by molar-refractivity contribution is 0.116. The Labute approximate surface area is 128 Å². The molecule has 21 heavy (non-hydrogen) atoms. The van der Waals surface area contributed by atoms with Gasteiger partial charge in [-0.05, 0) is 26.2 Å². The van der Waals surface area contributed by atoms with Crippen molar-refractivity contribution < 1.29 is 4.74 Å². The van der Waals surface area contributed by atoms with Gasteiger partial charge in [-0.1, -0.05) is 13.8 Å². The lowest BCUT2D eigenvalue weighted by atomic mass is 10.2. The maximum absolute atomic E-state index is 5.74. The second kappa shape index (κ2) is 7.59. The number of anilines is 2. The molecule has 0 amide bonds. The van der Waals surface area contributed by atoms with Crippen molar-refractivity contribution in [1.82, 2.24) is 9.97 Å². The quantitative estimate of drug-likeness (QED) is 0.837. The van der Waals surface area contributed by atoms with Gasteiger partial charge in [0.05, 0.1) is 6.10 Å². The Morgan fingerprint density at radius 3 is 2.76 bits per heavy atom. The number of nitrogens with one attached hydrogen (secondary N) is 1. The van der Waals surface area contributed by atoms with E-state index in [-0.39, 0.29) is 0 Å². The van der Waals surface area contributed by atoms with Crippen LogP contribution in [0.15, 0.2) is 0 Å². The van der Waals surface area contributed by atoms with Crippen LogP contribution in [0.25, 0.3) is 0 Å². The highest BCUT2D eigenvalue weighted by Crippen LogP contribution is 2.24. The van der Waals surface area contributed by atoms with Crippen molar-refractivity contribution in [2.75, 3.05) is 37.0 Å². The van der Waals surface area contributed by atoms with E-state index < -0.39 is 0 Å². The molecule has 0 aromatic carbocycles. The summed E-state index contributed by atoms with van der Waals surface area (Å²) in [4.78, 5) is 11.6. The Morgan fingerprint density at radius 1 is 1.33 bits per heavy atom. The number of rotatable bonds is 7. The molecule has 1 aromatic rings. The molecule has 1 aliphatic heterocycles. The lowest BCUT2D eigenvalue weighted by Gasteiger charge is -2.25. The smallest absolute Gasteiger partial charge is 0.137 e. The summed E-state index contributed by atoms with van der Waals surface area (Å²) in [6.45, 7) is 9.08. The van der Waals surface area contributed by atoms with Crippen molar-refractivity contribution in [3.8, 4) is 0 Å². The SMILES string of the molecule is CCCNc1nc(CC)nc(N(C)CC2CCCO2)c1C. The normalized spacial score (nSPS) is 18.0. The molecule has 0 spiro atoms. The Morgan fingerprint density at radius 2 is 2.14 bits per heavy atom. The molecule has 1 unspecified atom stereocenters. The van der Waals surface area contributed by atoms with Crippen molar-refractivity contribution in [3.63, 3.8) is 0 Å². The standard InChI is InChI=1S/C16H28N4O/c1-5-9-17-15-12(3)16(19-14(6-2)18-15)20(4)11-13-8-7-10-21-13/h13H,5-11H2,1-4H3,(H,17,18,19). The molecule has 1 saturated heterocycles. The molecule has 1 aliphatic rings. The van der Waals surface area contributed by atoms with Crippen LogP contribution in [0.3, 0.4) is 0 Å². The van der Waals surface area contributed by atoms with Gasteiger partial charge in [-0.25, -0.2) is 9.97 Å². The van der Waals surface area contributed by atoms with Crippen molar-refractivity contribution in [2.24, 2.45) is 0 Å². The topological polar surface area (TPSA) is 50.3 Å². The summed E-state index contributed by atoms with van der Waals surface area (Å²) in [6.07, 6.45) is 4.59. The number of ether oxygens (including phenoxy) is 1. The van der Waals surface area contributed by atoms with Crippen LogP contribution in [-0.4, -0.2) is 42.8 Å². The molecular weight excluding hydrogens is 264 g/mol. The molecule has 0 bridgehead atoms. The van der Waals surface area contributed by atoms with Gasteiger partial charge in [-0.3, -0.25) is 0 Å². The molecule has 5 nitrogen and oxygen atoms in total. The maximum Gasteiger partial charge on any atom is 0.137 e. The van der Waals surface area contributed by atoms with E-state index in [0.29, 0.717) is 6.10 Å². The minimum Gasteiger partial charge on any atom is -0.376 e.